The molecule has 7 heteroatoms. The SMILES string of the molecule is O=C(COC(=O)c1cc(=O)[nH]c2ccccc12)Nc1ccccc1Sc1ccccc1. The first-order chi connectivity index (χ1) is 15.1. The summed E-state index contributed by atoms with van der Waals surface area (Å²) in [6.07, 6.45) is 0. The molecule has 0 saturated carbocycles. The Hall–Kier alpha value is -3.84. The molecule has 154 valence electrons. The molecule has 6 nitrogen and oxygen atoms in total. The molecule has 0 aliphatic heterocycles. The summed E-state index contributed by atoms with van der Waals surface area (Å²) < 4.78 is 5.17. The van der Waals surface area contributed by atoms with E-state index in [0.717, 1.165) is 9.79 Å². The molecule has 0 aliphatic rings. The number of aromatic amines is 1. The Morgan fingerprint density at radius 2 is 1.61 bits per heavy atom. The van der Waals surface area contributed by atoms with Gasteiger partial charge < -0.3 is 15.0 Å². The largest absolute Gasteiger partial charge is 0.452 e. The van der Waals surface area contributed by atoms with Gasteiger partial charge in [0.1, 0.15) is 0 Å². The Morgan fingerprint density at radius 3 is 2.45 bits per heavy atom. The van der Waals surface area contributed by atoms with Crippen LogP contribution in [0.1, 0.15) is 10.4 Å². The van der Waals surface area contributed by atoms with Crippen molar-refractivity contribution < 1.29 is 14.3 Å². The van der Waals surface area contributed by atoms with E-state index in [1.807, 2.05) is 48.5 Å². The zero-order valence-corrected chi connectivity index (χ0v) is 17.1. The van der Waals surface area contributed by atoms with E-state index in [9.17, 15) is 14.4 Å². The van der Waals surface area contributed by atoms with Crippen molar-refractivity contribution in [3.63, 3.8) is 0 Å². The molecule has 3 aromatic carbocycles. The van der Waals surface area contributed by atoms with Crippen molar-refractivity contribution in [1.29, 1.82) is 0 Å². The summed E-state index contributed by atoms with van der Waals surface area (Å²) in [6, 6.07) is 25.3. The fourth-order valence-electron chi connectivity index (χ4n) is 3.04. The third-order valence-corrected chi connectivity index (χ3v) is 5.52. The predicted octanol–water partition coefficient (Wildman–Crippen LogP) is 4.47. The molecule has 0 radical (unpaired) electrons. The number of fused-ring (bicyclic) bond motifs is 1. The van der Waals surface area contributed by atoms with Crippen LogP contribution in [0.2, 0.25) is 0 Å². The maximum Gasteiger partial charge on any atom is 0.339 e. The standard InChI is InChI=1S/C24H18N2O4S/c27-22-14-18(17-10-4-5-11-19(17)25-22)24(29)30-15-23(28)26-20-12-6-7-13-21(20)31-16-8-2-1-3-9-16/h1-14H,15H2,(H,25,27)(H,26,28). The van der Waals surface area contributed by atoms with Crippen molar-refractivity contribution in [2.24, 2.45) is 0 Å². The van der Waals surface area contributed by atoms with Crippen LogP contribution in [-0.2, 0) is 9.53 Å². The summed E-state index contributed by atoms with van der Waals surface area (Å²) in [5.74, 6) is -1.20. The number of hydrogen-bond acceptors (Lipinski definition) is 5. The van der Waals surface area contributed by atoms with E-state index in [2.05, 4.69) is 10.3 Å². The summed E-state index contributed by atoms with van der Waals surface area (Å²) in [4.78, 5) is 41.3. The Bertz CT molecular complexity index is 1300. The Kier molecular flexibility index (Phi) is 6.14. The summed E-state index contributed by atoms with van der Waals surface area (Å²) in [7, 11) is 0. The van der Waals surface area contributed by atoms with Crippen molar-refractivity contribution in [3.05, 3.63) is 101 Å². The molecule has 4 aromatic rings. The second-order valence-corrected chi connectivity index (χ2v) is 7.74. The molecule has 4 rings (SSSR count). The van der Waals surface area contributed by atoms with Crippen molar-refractivity contribution in [3.8, 4) is 0 Å². The maximum absolute atomic E-state index is 12.5. The number of rotatable bonds is 6. The summed E-state index contributed by atoms with van der Waals surface area (Å²) in [5.41, 5.74) is 0.853. The molecular formula is C24H18N2O4S. The second kappa shape index (κ2) is 9.32. The summed E-state index contributed by atoms with van der Waals surface area (Å²) in [6.45, 7) is -0.468. The number of amides is 1. The van der Waals surface area contributed by atoms with E-state index < -0.39 is 24.0 Å². The van der Waals surface area contributed by atoms with Gasteiger partial charge >= 0.3 is 5.97 Å². The molecule has 0 spiro atoms. The van der Waals surface area contributed by atoms with Crippen LogP contribution in [0.15, 0.2) is 99.5 Å². The smallest absolute Gasteiger partial charge is 0.339 e. The van der Waals surface area contributed by atoms with Gasteiger partial charge in [-0.3, -0.25) is 9.59 Å². The molecule has 2 N–H and O–H groups in total. The van der Waals surface area contributed by atoms with Crippen LogP contribution in [-0.4, -0.2) is 23.5 Å². The molecule has 0 unspecified atom stereocenters. The molecule has 1 amide bonds. The lowest BCUT2D eigenvalue weighted by atomic mass is 10.1. The van der Waals surface area contributed by atoms with E-state index in [1.54, 1.807) is 30.3 Å². The monoisotopic (exact) mass is 430 g/mol. The lowest BCUT2D eigenvalue weighted by Gasteiger charge is -2.11. The number of aromatic nitrogens is 1. The summed E-state index contributed by atoms with van der Waals surface area (Å²) in [5, 5.41) is 3.33. The third-order valence-electron chi connectivity index (χ3n) is 4.44. The number of esters is 1. The number of ether oxygens (including phenoxy) is 1. The van der Waals surface area contributed by atoms with Gasteiger partial charge in [0.05, 0.1) is 11.3 Å². The van der Waals surface area contributed by atoms with Gasteiger partial charge in [0.25, 0.3) is 5.91 Å². The highest BCUT2D eigenvalue weighted by atomic mass is 32.2. The highest BCUT2D eigenvalue weighted by Gasteiger charge is 2.15. The van der Waals surface area contributed by atoms with Crippen LogP contribution < -0.4 is 10.9 Å². The van der Waals surface area contributed by atoms with Crippen LogP contribution in [0.4, 0.5) is 5.69 Å². The zero-order chi connectivity index (χ0) is 21.6. The van der Waals surface area contributed by atoms with E-state index in [-0.39, 0.29) is 5.56 Å². The molecule has 0 fully saturated rings. The van der Waals surface area contributed by atoms with Crippen molar-refractivity contribution in [2.75, 3.05) is 11.9 Å². The number of pyridine rings is 1. The first kappa shape index (κ1) is 20.4. The number of para-hydroxylation sites is 2. The molecule has 0 saturated heterocycles. The first-order valence-corrected chi connectivity index (χ1v) is 10.3. The normalized spacial score (nSPS) is 10.6. The topological polar surface area (TPSA) is 88.3 Å². The minimum Gasteiger partial charge on any atom is -0.452 e. The minimum absolute atomic E-state index is 0.118. The van der Waals surface area contributed by atoms with Gasteiger partial charge in [-0.15, -0.1) is 0 Å². The maximum atomic E-state index is 12.5. The quantitative estimate of drug-likeness (QED) is 0.441. The van der Waals surface area contributed by atoms with Crippen molar-refractivity contribution in [2.45, 2.75) is 9.79 Å². The molecule has 0 atom stereocenters. The zero-order valence-electron chi connectivity index (χ0n) is 16.3. The highest BCUT2D eigenvalue weighted by Crippen LogP contribution is 2.33. The third kappa shape index (κ3) is 5.02. The number of hydrogen-bond donors (Lipinski definition) is 2. The highest BCUT2D eigenvalue weighted by molar-refractivity contribution is 7.99. The average Bonchev–Trinajstić information content (AvgIpc) is 2.79. The van der Waals surface area contributed by atoms with Gasteiger partial charge in [-0.1, -0.05) is 60.3 Å². The van der Waals surface area contributed by atoms with Gasteiger partial charge in [-0.2, -0.15) is 0 Å². The van der Waals surface area contributed by atoms with Gasteiger partial charge in [-0.25, -0.2) is 4.79 Å². The van der Waals surface area contributed by atoms with Gasteiger partial charge in [0, 0.05) is 26.8 Å². The second-order valence-electron chi connectivity index (χ2n) is 6.63. The molecule has 1 aromatic heterocycles. The van der Waals surface area contributed by atoms with Crippen molar-refractivity contribution in [1.82, 2.24) is 4.98 Å². The first-order valence-electron chi connectivity index (χ1n) is 9.51. The lowest BCUT2D eigenvalue weighted by molar-refractivity contribution is -0.119. The molecule has 31 heavy (non-hydrogen) atoms. The average molecular weight is 430 g/mol. The van der Waals surface area contributed by atoms with Crippen LogP contribution in [0.25, 0.3) is 10.9 Å². The van der Waals surface area contributed by atoms with Crippen LogP contribution in [0.5, 0.6) is 0 Å². The van der Waals surface area contributed by atoms with E-state index in [4.69, 9.17) is 4.74 Å². The molecular weight excluding hydrogens is 412 g/mol. The Morgan fingerprint density at radius 1 is 0.903 bits per heavy atom. The van der Waals surface area contributed by atoms with E-state index in [0.29, 0.717) is 16.6 Å². The number of benzene rings is 3. The van der Waals surface area contributed by atoms with Crippen LogP contribution in [0, 0.1) is 0 Å². The molecule has 0 bridgehead atoms. The van der Waals surface area contributed by atoms with Gasteiger partial charge in [-0.05, 0) is 30.3 Å². The van der Waals surface area contributed by atoms with Crippen molar-refractivity contribution >= 4 is 40.2 Å². The van der Waals surface area contributed by atoms with Gasteiger partial charge in [0.2, 0.25) is 5.56 Å². The Labute approximate surface area is 182 Å². The van der Waals surface area contributed by atoms with Crippen LogP contribution >= 0.6 is 11.8 Å². The van der Waals surface area contributed by atoms with E-state index >= 15 is 0 Å². The molecule has 0 aliphatic carbocycles. The van der Waals surface area contributed by atoms with E-state index in [1.165, 1.54) is 17.8 Å². The lowest BCUT2D eigenvalue weighted by Crippen LogP contribution is -2.22. The van der Waals surface area contributed by atoms with Gasteiger partial charge in [0.15, 0.2) is 6.61 Å². The fourth-order valence-corrected chi connectivity index (χ4v) is 3.97. The predicted molar refractivity (Wildman–Crippen MR) is 120 cm³/mol. The number of anilines is 1. The number of H-pyrrole nitrogens is 1. The fraction of sp³-hybridized carbons (Fsp3) is 0.0417. The summed E-state index contributed by atoms with van der Waals surface area (Å²) >= 11 is 1.52. The number of carbonyl (C=O) groups excluding carboxylic acids is 2. The number of nitrogens with one attached hydrogen (secondary N) is 2. The molecule has 1 heterocycles. The number of carbonyl (C=O) groups is 2. The minimum atomic E-state index is -0.732. The Balaban J connectivity index is 1.44. The van der Waals surface area contributed by atoms with Crippen LogP contribution in [0.3, 0.4) is 0 Å².